The summed E-state index contributed by atoms with van der Waals surface area (Å²) in [6.07, 6.45) is -11.1. The predicted molar refractivity (Wildman–Crippen MR) is 132 cm³/mol. The Morgan fingerprint density at radius 2 is 1.56 bits per heavy atom. The third-order valence-electron chi connectivity index (χ3n) is 6.63. The van der Waals surface area contributed by atoms with Gasteiger partial charge in [0, 0.05) is 11.8 Å². The van der Waals surface area contributed by atoms with Gasteiger partial charge in [-0.15, -0.1) is 0 Å². The van der Waals surface area contributed by atoms with E-state index < -0.39 is 63.9 Å². The average Bonchev–Trinajstić information content (AvgIpc) is 3.14. The van der Waals surface area contributed by atoms with Crippen LogP contribution in [0.3, 0.4) is 0 Å². The summed E-state index contributed by atoms with van der Waals surface area (Å²) in [6.45, 7) is 0.884. The Bertz CT molecular complexity index is 1600. The highest BCUT2D eigenvalue weighted by molar-refractivity contribution is 7.90. The van der Waals surface area contributed by atoms with Crippen LogP contribution in [0, 0.1) is 5.82 Å². The topological polar surface area (TPSA) is 72.9 Å². The van der Waals surface area contributed by atoms with Crippen LogP contribution in [-0.4, -0.2) is 38.8 Å². The van der Waals surface area contributed by atoms with Crippen molar-refractivity contribution in [3.8, 4) is 16.9 Å². The van der Waals surface area contributed by atoms with Gasteiger partial charge in [0.2, 0.25) is 0 Å². The molecule has 1 fully saturated rings. The Hall–Kier alpha value is -3.81. The number of sulfone groups is 1. The number of cyclic esters (lactones) is 1. The van der Waals surface area contributed by atoms with Crippen molar-refractivity contribution >= 4 is 15.9 Å². The van der Waals surface area contributed by atoms with Crippen LogP contribution in [0.5, 0.6) is 5.75 Å². The number of carbonyl (C=O) groups is 1. The second-order valence-corrected chi connectivity index (χ2v) is 11.5. The maximum atomic E-state index is 14.0. The Balaban J connectivity index is 1.80. The minimum absolute atomic E-state index is 0.0801. The average molecular weight is 606 g/mol. The zero-order valence-electron chi connectivity index (χ0n) is 21.6. The van der Waals surface area contributed by atoms with E-state index in [0.717, 1.165) is 35.4 Å². The molecule has 2 atom stereocenters. The predicted octanol–water partition coefficient (Wildman–Crippen LogP) is 7.02. The lowest BCUT2D eigenvalue weighted by atomic mass is 9.95. The van der Waals surface area contributed by atoms with Crippen LogP contribution in [-0.2, 0) is 33.5 Å². The quantitative estimate of drug-likeness (QED) is 0.283. The highest BCUT2D eigenvalue weighted by atomic mass is 32.2. The minimum Gasteiger partial charge on any atom is -0.496 e. The van der Waals surface area contributed by atoms with E-state index >= 15 is 0 Å². The van der Waals surface area contributed by atoms with Crippen LogP contribution in [0.15, 0.2) is 59.5 Å². The van der Waals surface area contributed by atoms with Gasteiger partial charge in [-0.05, 0) is 72.1 Å². The molecule has 3 aromatic carbocycles. The fourth-order valence-electron chi connectivity index (χ4n) is 4.58. The molecule has 1 heterocycles. The standard InChI is InChI=1S/C27H22F7NO5S/c1-14-24(15-8-18(27(32,33)34)11-19(28)10-15)40-25(36)35(14)13-16-9-17(26(29,30)31)4-6-21(16)22-12-20(41(3,37)38)5-7-23(22)39-2/h4-12,14,24H,13H2,1-3H3/t14-,24-/m0/s1. The molecule has 1 aliphatic rings. The van der Waals surface area contributed by atoms with Crippen LogP contribution < -0.4 is 4.74 Å². The van der Waals surface area contributed by atoms with Crippen molar-refractivity contribution in [2.24, 2.45) is 0 Å². The molecular weight excluding hydrogens is 583 g/mol. The number of nitrogens with zero attached hydrogens (tertiary/aromatic N) is 1. The summed E-state index contributed by atoms with van der Waals surface area (Å²) in [7, 11) is -2.45. The van der Waals surface area contributed by atoms with E-state index in [4.69, 9.17) is 9.47 Å². The van der Waals surface area contributed by atoms with Crippen molar-refractivity contribution in [1.29, 1.82) is 0 Å². The maximum absolute atomic E-state index is 14.0. The minimum atomic E-state index is -4.88. The Morgan fingerprint density at radius 1 is 0.902 bits per heavy atom. The summed E-state index contributed by atoms with van der Waals surface area (Å²) in [5.74, 6) is -1.08. The molecule has 14 heteroatoms. The Labute approximate surface area is 230 Å². The number of carbonyl (C=O) groups excluding carboxylic acids is 1. The van der Waals surface area contributed by atoms with Crippen LogP contribution in [0.25, 0.3) is 11.1 Å². The van der Waals surface area contributed by atoms with E-state index in [-0.39, 0.29) is 39.0 Å². The number of halogens is 7. The second-order valence-electron chi connectivity index (χ2n) is 9.45. The van der Waals surface area contributed by atoms with Gasteiger partial charge in [0.1, 0.15) is 17.7 Å². The number of benzene rings is 3. The number of hydrogen-bond acceptors (Lipinski definition) is 5. The first kappa shape index (κ1) is 30.2. The van der Waals surface area contributed by atoms with Gasteiger partial charge in [-0.25, -0.2) is 17.6 Å². The van der Waals surface area contributed by atoms with Crippen molar-refractivity contribution in [3.63, 3.8) is 0 Å². The van der Waals surface area contributed by atoms with E-state index in [1.807, 2.05) is 0 Å². The van der Waals surface area contributed by atoms with E-state index in [9.17, 15) is 43.9 Å². The molecule has 1 aliphatic heterocycles. The smallest absolute Gasteiger partial charge is 0.416 e. The first-order valence-electron chi connectivity index (χ1n) is 11.8. The molecule has 0 unspecified atom stereocenters. The van der Waals surface area contributed by atoms with Crippen LogP contribution in [0.1, 0.15) is 35.3 Å². The molecule has 0 aliphatic carbocycles. The van der Waals surface area contributed by atoms with Crippen molar-refractivity contribution in [3.05, 3.63) is 82.7 Å². The molecule has 0 aromatic heterocycles. The van der Waals surface area contributed by atoms with Gasteiger partial charge in [-0.3, -0.25) is 4.90 Å². The second kappa shape index (κ2) is 10.5. The van der Waals surface area contributed by atoms with Gasteiger partial charge in [0.05, 0.1) is 35.7 Å². The monoisotopic (exact) mass is 605 g/mol. The number of rotatable bonds is 6. The molecular formula is C27H22F7NO5S. The fourth-order valence-corrected chi connectivity index (χ4v) is 5.22. The lowest BCUT2D eigenvalue weighted by molar-refractivity contribution is -0.138. The van der Waals surface area contributed by atoms with Crippen molar-refractivity contribution in [2.45, 2.75) is 42.9 Å². The van der Waals surface area contributed by atoms with Gasteiger partial charge in [-0.2, -0.15) is 26.3 Å². The first-order chi connectivity index (χ1) is 18.9. The molecule has 0 saturated carbocycles. The number of amides is 1. The van der Waals surface area contributed by atoms with Gasteiger partial charge >= 0.3 is 18.4 Å². The molecule has 1 amide bonds. The van der Waals surface area contributed by atoms with Gasteiger partial charge in [-0.1, -0.05) is 6.07 Å². The third kappa shape index (κ3) is 6.26. The first-order valence-corrected chi connectivity index (χ1v) is 13.7. The lowest BCUT2D eigenvalue weighted by Gasteiger charge is -2.24. The molecule has 0 N–H and O–H groups in total. The molecule has 3 aromatic rings. The summed E-state index contributed by atoms with van der Waals surface area (Å²) in [5, 5.41) is 0. The van der Waals surface area contributed by atoms with Crippen LogP contribution in [0.4, 0.5) is 35.5 Å². The van der Waals surface area contributed by atoms with Crippen molar-refractivity contribution in [2.75, 3.05) is 13.4 Å². The molecule has 0 spiro atoms. The summed E-state index contributed by atoms with van der Waals surface area (Å²) in [5.41, 5.74) is -2.50. The Morgan fingerprint density at radius 3 is 2.15 bits per heavy atom. The lowest BCUT2D eigenvalue weighted by Crippen LogP contribution is -2.31. The van der Waals surface area contributed by atoms with Gasteiger partial charge in [0.25, 0.3) is 0 Å². The molecule has 0 radical (unpaired) electrons. The zero-order chi connectivity index (χ0) is 30.5. The summed E-state index contributed by atoms with van der Waals surface area (Å²) in [6, 6.07) is 7.16. The number of ether oxygens (including phenoxy) is 2. The summed E-state index contributed by atoms with van der Waals surface area (Å²) in [4.78, 5) is 13.7. The van der Waals surface area contributed by atoms with Crippen LogP contribution in [0.2, 0.25) is 0 Å². The van der Waals surface area contributed by atoms with E-state index in [2.05, 4.69) is 0 Å². The fraction of sp³-hybridized carbons (Fsp3) is 0.296. The molecule has 0 bridgehead atoms. The zero-order valence-corrected chi connectivity index (χ0v) is 22.4. The summed E-state index contributed by atoms with van der Waals surface area (Å²) >= 11 is 0. The van der Waals surface area contributed by atoms with E-state index in [0.29, 0.717) is 6.07 Å². The number of alkyl halides is 6. The molecule has 4 rings (SSSR count). The van der Waals surface area contributed by atoms with Crippen molar-refractivity contribution < 1.29 is 53.4 Å². The molecule has 220 valence electrons. The van der Waals surface area contributed by atoms with Gasteiger partial charge in [0.15, 0.2) is 9.84 Å². The highest BCUT2D eigenvalue weighted by Crippen LogP contribution is 2.41. The summed E-state index contributed by atoms with van der Waals surface area (Å²) < 4.78 is 130. The maximum Gasteiger partial charge on any atom is 0.416 e. The van der Waals surface area contributed by atoms with Crippen molar-refractivity contribution in [1.82, 2.24) is 4.90 Å². The molecule has 1 saturated heterocycles. The van der Waals surface area contributed by atoms with Gasteiger partial charge < -0.3 is 9.47 Å². The van der Waals surface area contributed by atoms with Crippen LogP contribution >= 0.6 is 0 Å². The largest absolute Gasteiger partial charge is 0.496 e. The normalized spacial score (nSPS) is 18.0. The number of hydrogen-bond donors (Lipinski definition) is 0. The van der Waals surface area contributed by atoms with E-state index in [1.165, 1.54) is 32.2 Å². The number of methoxy groups -OCH3 is 1. The Kier molecular flexibility index (Phi) is 7.76. The molecule has 41 heavy (non-hydrogen) atoms. The SMILES string of the molecule is COc1ccc(S(C)(=O)=O)cc1-c1ccc(C(F)(F)F)cc1CN1C(=O)O[C@H](c2cc(F)cc(C(F)(F)F)c2)[C@@H]1C. The van der Waals surface area contributed by atoms with E-state index in [1.54, 1.807) is 0 Å². The third-order valence-corrected chi connectivity index (χ3v) is 7.74. The molecule has 6 nitrogen and oxygen atoms in total. The highest BCUT2D eigenvalue weighted by Gasteiger charge is 2.42.